The second kappa shape index (κ2) is 4.66. The highest BCUT2D eigenvalue weighted by Crippen LogP contribution is 2.08. The highest BCUT2D eigenvalue weighted by molar-refractivity contribution is 7.09. The largest absolute Gasteiger partial charge is 0.461 e. The minimum absolute atomic E-state index is 0.356. The van der Waals surface area contributed by atoms with Gasteiger partial charge in [-0.05, 0) is 11.4 Å². The Kier molecular flexibility index (Phi) is 3.47. The molecule has 4 heteroatoms. The first-order valence-electron chi connectivity index (χ1n) is 3.52. The van der Waals surface area contributed by atoms with Gasteiger partial charge in [0, 0.05) is 11.3 Å². The van der Waals surface area contributed by atoms with Crippen LogP contribution in [0.15, 0.2) is 17.5 Å². The van der Waals surface area contributed by atoms with Crippen molar-refractivity contribution in [2.45, 2.75) is 6.42 Å². The van der Waals surface area contributed by atoms with E-state index >= 15 is 0 Å². The van der Waals surface area contributed by atoms with Crippen molar-refractivity contribution < 1.29 is 9.53 Å². The highest BCUT2D eigenvalue weighted by atomic mass is 32.1. The molecule has 0 spiro atoms. The molecule has 0 amide bonds. The van der Waals surface area contributed by atoms with E-state index in [4.69, 9.17) is 5.41 Å². The second-order valence-electron chi connectivity index (χ2n) is 2.14. The minimum atomic E-state index is -0.577. The van der Waals surface area contributed by atoms with Gasteiger partial charge in [0.25, 0.3) is 0 Å². The Labute approximate surface area is 74.5 Å². The predicted octanol–water partition coefficient (Wildman–Crippen LogP) is 1.48. The maximum absolute atomic E-state index is 10.5. The molecule has 0 saturated carbocycles. The van der Waals surface area contributed by atoms with E-state index in [0.29, 0.717) is 12.8 Å². The van der Waals surface area contributed by atoms with Gasteiger partial charge in [0.2, 0.25) is 0 Å². The summed E-state index contributed by atoms with van der Waals surface area (Å²) in [5.74, 6) is -0.577. The van der Waals surface area contributed by atoms with Crippen LogP contribution in [0.25, 0.3) is 0 Å². The summed E-state index contributed by atoms with van der Waals surface area (Å²) in [6.07, 6.45) is 1.41. The van der Waals surface area contributed by atoms with Crippen molar-refractivity contribution in [1.29, 1.82) is 5.41 Å². The average molecular weight is 183 g/mol. The maximum Gasteiger partial charge on any atom is 0.348 e. The number of esters is 1. The minimum Gasteiger partial charge on any atom is -0.461 e. The molecule has 1 rings (SSSR count). The van der Waals surface area contributed by atoms with Crippen LogP contribution < -0.4 is 0 Å². The van der Waals surface area contributed by atoms with Crippen molar-refractivity contribution in [1.82, 2.24) is 0 Å². The number of nitrogens with one attached hydrogen (secondary N) is 1. The zero-order valence-electron chi connectivity index (χ0n) is 6.45. The van der Waals surface area contributed by atoms with Gasteiger partial charge < -0.3 is 10.1 Å². The molecule has 1 aromatic rings. The molecule has 0 aliphatic heterocycles. The normalized spacial score (nSPS) is 9.33. The van der Waals surface area contributed by atoms with Gasteiger partial charge in [0.1, 0.15) is 6.21 Å². The van der Waals surface area contributed by atoms with Gasteiger partial charge in [-0.15, -0.1) is 11.3 Å². The molecule has 12 heavy (non-hydrogen) atoms. The number of hydrogen-bond donors (Lipinski definition) is 1. The summed E-state index contributed by atoms with van der Waals surface area (Å²) in [5, 5.41) is 8.54. The zero-order chi connectivity index (χ0) is 8.81. The molecule has 0 fully saturated rings. The summed E-state index contributed by atoms with van der Waals surface area (Å²) in [6.45, 7) is 0.356. The molecule has 0 aromatic carbocycles. The quantitative estimate of drug-likeness (QED) is 0.568. The summed E-state index contributed by atoms with van der Waals surface area (Å²) in [4.78, 5) is 11.7. The van der Waals surface area contributed by atoms with Gasteiger partial charge >= 0.3 is 5.97 Å². The first kappa shape index (κ1) is 8.93. The van der Waals surface area contributed by atoms with Crippen LogP contribution in [0.1, 0.15) is 4.88 Å². The van der Waals surface area contributed by atoms with Crippen molar-refractivity contribution in [3.05, 3.63) is 22.4 Å². The van der Waals surface area contributed by atoms with E-state index in [9.17, 15) is 4.79 Å². The van der Waals surface area contributed by atoms with Crippen LogP contribution in [0.2, 0.25) is 0 Å². The topological polar surface area (TPSA) is 50.2 Å². The Bertz CT molecular complexity index is 256. The van der Waals surface area contributed by atoms with Gasteiger partial charge in [-0.3, -0.25) is 0 Å². The molecule has 1 heterocycles. The lowest BCUT2D eigenvalue weighted by molar-refractivity contribution is -0.134. The lowest BCUT2D eigenvalue weighted by Crippen LogP contribution is -2.07. The lowest BCUT2D eigenvalue weighted by Gasteiger charge is -1.98. The third-order valence-corrected chi connectivity index (χ3v) is 2.23. The fourth-order valence-corrected chi connectivity index (χ4v) is 1.44. The first-order chi connectivity index (χ1) is 5.83. The molecule has 1 aromatic heterocycles. The number of hydrogen-bond acceptors (Lipinski definition) is 4. The van der Waals surface area contributed by atoms with E-state index in [0.717, 1.165) is 6.42 Å². The molecule has 0 bridgehead atoms. The Morgan fingerprint density at radius 2 is 2.58 bits per heavy atom. The molecule has 64 valence electrons. The Morgan fingerprint density at radius 3 is 3.17 bits per heavy atom. The average Bonchev–Trinajstić information content (AvgIpc) is 2.57. The van der Waals surface area contributed by atoms with Crippen molar-refractivity contribution >= 4 is 23.5 Å². The summed E-state index contributed by atoms with van der Waals surface area (Å²) in [5.41, 5.74) is 0. The van der Waals surface area contributed by atoms with Gasteiger partial charge in [-0.25, -0.2) is 4.79 Å². The second-order valence-corrected chi connectivity index (χ2v) is 3.17. The predicted molar refractivity (Wildman–Crippen MR) is 47.8 cm³/mol. The molecular formula is C8H9NO2S. The number of ether oxygens (including phenoxy) is 1. The van der Waals surface area contributed by atoms with Crippen LogP contribution in [-0.2, 0) is 16.0 Å². The fourth-order valence-electron chi connectivity index (χ4n) is 0.749. The SMILES string of the molecule is N=CC(=O)OCCc1cccs1. The standard InChI is InChI=1S/C8H9NO2S/c9-6-8(10)11-4-3-7-2-1-5-12-7/h1-2,5-6,9H,3-4H2. The molecular weight excluding hydrogens is 174 g/mol. The van der Waals surface area contributed by atoms with Crippen molar-refractivity contribution in [2.24, 2.45) is 0 Å². The van der Waals surface area contributed by atoms with E-state index in [1.54, 1.807) is 11.3 Å². The van der Waals surface area contributed by atoms with Crippen molar-refractivity contribution in [2.75, 3.05) is 6.61 Å². The van der Waals surface area contributed by atoms with Gasteiger partial charge in [0.15, 0.2) is 0 Å². The van der Waals surface area contributed by atoms with E-state index in [1.807, 2.05) is 17.5 Å². The summed E-state index contributed by atoms with van der Waals surface area (Å²) in [6, 6.07) is 3.95. The molecule has 0 aliphatic rings. The Morgan fingerprint density at radius 1 is 1.75 bits per heavy atom. The molecule has 0 aliphatic carbocycles. The van der Waals surface area contributed by atoms with Crippen LogP contribution in [0.5, 0.6) is 0 Å². The van der Waals surface area contributed by atoms with Crippen LogP contribution in [-0.4, -0.2) is 18.8 Å². The lowest BCUT2D eigenvalue weighted by atomic mass is 10.4. The van der Waals surface area contributed by atoms with Gasteiger partial charge in [0.05, 0.1) is 6.61 Å². The molecule has 1 N–H and O–H groups in total. The van der Waals surface area contributed by atoms with Crippen molar-refractivity contribution in [3.8, 4) is 0 Å². The van der Waals surface area contributed by atoms with Gasteiger partial charge in [-0.2, -0.15) is 0 Å². The van der Waals surface area contributed by atoms with E-state index < -0.39 is 5.97 Å². The smallest absolute Gasteiger partial charge is 0.348 e. The summed E-state index contributed by atoms with van der Waals surface area (Å²) in [7, 11) is 0. The number of rotatable bonds is 4. The van der Waals surface area contributed by atoms with Crippen LogP contribution in [0.4, 0.5) is 0 Å². The Hall–Kier alpha value is -1.16. The van der Waals surface area contributed by atoms with E-state index in [2.05, 4.69) is 4.74 Å². The maximum atomic E-state index is 10.5. The van der Waals surface area contributed by atoms with Crippen LogP contribution in [0, 0.1) is 5.41 Å². The third kappa shape index (κ3) is 2.84. The molecule has 0 radical (unpaired) electrons. The summed E-state index contributed by atoms with van der Waals surface area (Å²) < 4.78 is 4.69. The molecule has 0 unspecified atom stereocenters. The van der Waals surface area contributed by atoms with Crippen LogP contribution >= 0.6 is 11.3 Å². The number of thiophene rings is 1. The third-order valence-electron chi connectivity index (χ3n) is 1.29. The Balaban J connectivity index is 2.19. The van der Waals surface area contributed by atoms with E-state index in [-0.39, 0.29) is 0 Å². The number of carbonyl (C=O) groups excluding carboxylic acids is 1. The van der Waals surface area contributed by atoms with E-state index in [1.165, 1.54) is 4.88 Å². The highest BCUT2D eigenvalue weighted by Gasteiger charge is 1.97. The molecule has 3 nitrogen and oxygen atoms in total. The monoisotopic (exact) mass is 183 g/mol. The number of carbonyl (C=O) groups is 1. The van der Waals surface area contributed by atoms with Crippen LogP contribution in [0.3, 0.4) is 0 Å². The molecule has 0 saturated heterocycles. The summed E-state index contributed by atoms with van der Waals surface area (Å²) >= 11 is 1.63. The van der Waals surface area contributed by atoms with Gasteiger partial charge in [-0.1, -0.05) is 6.07 Å². The zero-order valence-corrected chi connectivity index (χ0v) is 7.26. The first-order valence-corrected chi connectivity index (χ1v) is 4.40. The molecule has 0 atom stereocenters. The fraction of sp³-hybridized carbons (Fsp3) is 0.250. The van der Waals surface area contributed by atoms with Crippen molar-refractivity contribution in [3.63, 3.8) is 0 Å².